The van der Waals surface area contributed by atoms with Crippen LogP contribution in [-0.2, 0) is 14.8 Å². The van der Waals surface area contributed by atoms with Crippen molar-refractivity contribution >= 4 is 28.3 Å². The largest absolute Gasteiger partial charge is 0.341 e. The van der Waals surface area contributed by atoms with Gasteiger partial charge < -0.3 is 10.2 Å². The minimum absolute atomic E-state index is 0. The second-order valence-electron chi connectivity index (χ2n) is 8.02. The molecule has 0 saturated carbocycles. The molecule has 3 aliphatic rings. The van der Waals surface area contributed by atoms with Crippen LogP contribution in [0.5, 0.6) is 0 Å². The molecular weight excluding hydrogens is 398 g/mol. The van der Waals surface area contributed by atoms with E-state index in [2.05, 4.69) is 5.32 Å². The summed E-state index contributed by atoms with van der Waals surface area (Å²) < 4.78 is 27.8. The highest BCUT2D eigenvalue weighted by molar-refractivity contribution is 7.89. The maximum atomic E-state index is 13.3. The smallest absolute Gasteiger partial charge is 0.243 e. The lowest BCUT2D eigenvalue weighted by Crippen LogP contribution is -2.53. The van der Waals surface area contributed by atoms with Crippen LogP contribution in [0.2, 0.25) is 0 Å². The zero-order chi connectivity index (χ0) is 18.9. The van der Waals surface area contributed by atoms with E-state index in [9.17, 15) is 13.2 Å². The number of fused-ring (bicyclic) bond motifs is 1. The monoisotopic (exact) mass is 427 g/mol. The number of hydrogen-bond donors (Lipinski definition) is 1. The van der Waals surface area contributed by atoms with Gasteiger partial charge in [0, 0.05) is 19.6 Å². The fraction of sp³-hybridized carbons (Fsp3) is 0.650. The van der Waals surface area contributed by atoms with Crippen molar-refractivity contribution in [1.82, 2.24) is 14.5 Å². The van der Waals surface area contributed by atoms with Crippen LogP contribution < -0.4 is 5.32 Å². The third-order valence-corrected chi connectivity index (χ3v) is 8.34. The van der Waals surface area contributed by atoms with E-state index in [1.54, 1.807) is 30.3 Å². The van der Waals surface area contributed by atoms with Crippen LogP contribution in [0.15, 0.2) is 35.2 Å². The van der Waals surface area contributed by atoms with Crippen molar-refractivity contribution in [3.8, 4) is 0 Å². The number of rotatable bonds is 3. The molecule has 3 atom stereocenters. The van der Waals surface area contributed by atoms with E-state index in [4.69, 9.17) is 0 Å². The molecule has 0 bridgehead atoms. The van der Waals surface area contributed by atoms with E-state index >= 15 is 0 Å². The van der Waals surface area contributed by atoms with Crippen LogP contribution in [-0.4, -0.2) is 62.3 Å². The molecule has 1 amide bonds. The van der Waals surface area contributed by atoms with Crippen molar-refractivity contribution in [3.63, 3.8) is 0 Å². The first-order valence-electron chi connectivity index (χ1n) is 10.1. The average Bonchev–Trinajstić information content (AvgIpc) is 3.06. The number of halogens is 1. The molecule has 1 aromatic carbocycles. The molecule has 3 fully saturated rings. The molecule has 6 nitrogen and oxygen atoms in total. The second kappa shape index (κ2) is 9.11. The zero-order valence-electron chi connectivity index (χ0n) is 16.1. The highest BCUT2D eigenvalue weighted by atomic mass is 35.5. The van der Waals surface area contributed by atoms with Gasteiger partial charge in [0.05, 0.1) is 4.90 Å². The van der Waals surface area contributed by atoms with Gasteiger partial charge in [-0.15, -0.1) is 12.4 Å². The summed E-state index contributed by atoms with van der Waals surface area (Å²) in [5.74, 6) is 1.30. The Morgan fingerprint density at radius 1 is 0.929 bits per heavy atom. The number of sulfonamides is 1. The summed E-state index contributed by atoms with van der Waals surface area (Å²) in [6, 6.07) is 7.95. The van der Waals surface area contributed by atoms with Gasteiger partial charge in [-0.25, -0.2) is 8.42 Å². The van der Waals surface area contributed by atoms with Gasteiger partial charge in [-0.1, -0.05) is 24.6 Å². The van der Waals surface area contributed by atoms with Crippen LogP contribution in [0.4, 0.5) is 0 Å². The molecule has 4 rings (SSSR count). The van der Waals surface area contributed by atoms with Gasteiger partial charge in [-0.3, -0.25) is 4.79 Å². The van der Waals surface area contributed by atoms with Crippen molar-refractivity contribution in [2.45, 2.75) is 43.0 Å². The minimum atomic E-state index is -3.64. The molecule has 0 spiro atoms. The number of carbonyl (C=O) groups excluding carboxylic acids is 1. The highest BCUT2D eigenvalue weighted by Crippen LogP contribution is 2.30. The Morgan fingerprint density at radius 2 is 1.57 bits per heavy atom. The maximum absolute atomic E-state index is 13.3. The van der Waals surface area contributed by atoms with Crippen molar-refractivity contribution in [2.75, 3.05) is 32.7 Å². The summed E-state index contributed by atoms with van der Waals surface area (Å²) in [6.07, 6.45) is 4.37. The molecule has 1 unspecified atom stereocenters. The number of nitrogens with one attached hydrogen (secondary N) is 1. The first kappa shape index (κ1) is 21.6. The van der Waals surface area contributed by atoms with Crippen LogP contribution in [0.25, 0.3) is 0 Å². The van der Waals surface area contributed by atoms with E-state index in [0.29, 0.717) is 24.8 Å². The summed E-state index contributed by atoms with van der Waals surface area (Å²) in [5, 5.41) is 3.45. The van der Waals surface area contributed by atoms with Crippen molar-refractivity contribution in [1.29, 1.82) is 0 Å². The van der Waals surface area contributed by atoms with Crippen LogP contribution >= 0.6 is 12.4 Å². The van der Waals surface area contributed by atoms with E-state index in [-0.39, 0.29) is 23.2 Å². The van der Waals surface area contributed by atoms with Gasteiger partial charge in [0.1, 0.15) is 6.04 Å². The van der Waals surface area contributed by atoms with Crippen LogP contribution in [0.1, 0.15) is 32.1 Å². The predicted molar refractivity (Wildman–Crippen MR) is 111 cm³/mol. The maximum Gasteiger partial charge on any atom is 0.243 e. The average molecular weight is 428 g/mol. The topological polar surface area (TPSA) is 69.7 Å². The van der Waals surface area contributed by atoms with Gasteiger partial charge in [-0.05, 0) is 62.7 Å². The third-order valence-electron chi connectivity index (χ3n) is 6.42. The number of carbonyl (C=O) groups is 1. The normalized spacial score (nSPS) is 28.9. The fourth-order valence-electron chi connectivity index (χ4n) is 4.82. The zero-order valence-corrected chi connectivity index (χ0v) is 17.8. The van der Waals surface area contributed by atoms with Crippen molar-refractivity contribution in [3.05, 3.63) is 30.3 Å². The lowest BCUT2D eigenvalue weighted by atomic mass is 9.92. The Bertz CT molecular complexity index is 760. The van der Waals surface area contributed by atoms with Crippen molar-refractivity contribution < 1.29 is 13.2 Å². The number of benzene rings is 1. The van der Waals surface area contributed by atoms with Gasteiger partial charge in [0.15, 0.2) is 0 Å². The van der Waals surface area contributed by atoms with E-state index in [0.717, 1.165) is 51.9 Å². The fourth-order valence-corrected chi connectivity index (χ4v) is 6.49. The Kier molecular flexibility index (Phi) is 7.02. The summed E-state index contributed by atoms with van der Waals surface area (Å²) in [5.41, 5.74) is 0. The number of likely N-dealkylation sites (tertiary alicyclic amines) is 1. The second-order valence-corrected chi connectivity index (χ2v) is 9.91. The molecule has 3 heterocycles. The molecule has 8 heteroatoms. The lowest BCUT2D eigenvalue weighted by Gasteiger charge is -2.36. The van der Waals surface area contributed by atoms with Gasteiger partial charge >= 0.3 is 0 Å². The Hall–Kier alpha value is -1.15. The summed E-state index contributed by atoms with van der Waals surface area (Å²) in [4.78, 5) is 15.5. The van der Waals surface area contributed by atoms with Crippen LogP contribution in [0.3, 0.4) is 0 Å². The Balaban J connectivity index is 0.00000225. The molecule has 1 aromatic rings. The van der Waals surface area contributed by atoms with Gasteiger partial charge in [-0.2, -0.15) is 4.31 Å². The molecule has 0 radical (unpaired) electrons. The third kappa shape index (κ3) is 4.22. The van der Waals surface area contributed by atoms with E-state index in [1.165, 1.54) is 4.31 Å². The molecule has 0 aromatic heterocycles. The number of amides is 1. The number of nitrogens with zero attached hydrogens (tertiary/aromatic N) is 2. The summed E-state index contributed by atoms with van der Waals surface area (Å²) in [7, 11) is -3.64. The molecular formula is C20H30ClN3O3S. The predicted octanol–water partition coefficient (Wildman–Crippen LogP) is 2.11. The molecule has 156 valence electrons. The number of hydrogen-bond acceptors (Lipinski definition) is 4. The molecule has 3 saturated heterocycles. The van der Waals surface area contributed by atoms with Crippen molar-refractivity contribution in [2.24, 2.45) is 11.8 Å². The highest BCUT2D eigenvalue weighted by Gasteiger charge is 2.40. The van der Waals surface area contributed by atoms with Crippen LogP contribution in [0, 0.1) is 11.8 Å². The quantitative estimate of drug-likeness (QED) is 0.802. The Morgan fingerprint density at radius 3 is 2.21 bits per heavy atom. The molecule has 0 aliphatic carbocycles. The Labute approximate surface area is 174 Å². The summed E-state index contributed by atoms with van der Waals surface area (Å²) in [6.45, 7) is 4.01. The SMILES string of the molecule is Cl.O=C(C1CCCCN1S(=O)(=O)c1ccccc1)N1CC[C@@H]2CNC[C@@H]2CC1. The molecule has 3 aliphatic heterocycles. The lowest BCUT2D eigenvalue weighted by molar-refractivity contribution is -0.136. The first-order chi connectivity index (χ1) is 13.1. The van der Waals surface area contributed by atoms with Gasteiger partial charge in [0.25, 0.3) is 0 Å². The standard InChI is InChI=1S/C20H29N3O3S.ClH/c24-20(22-12-9-16-14-21-15-17(16)10-13-22)19-8-4-5-11-23(19)27(25,26)18-6-2-1-3-7-18;/h1-3,6-7,16-17,19,21H,4-5,8-15H2;1H/t16-,17+,19?;. The first-order valence-corrected chi connectivity index (χ1v) is 11.6. The molecule has 1 N–H and O–H groups in total. The van der Waals surface area contributed by atoms with E-state index in [1.807, 2.05) is 4.90 Å². The number of piperidine rings is 1. The minimum Gasteiger partial charge on any atom is -0.341 e. The van der Waals surface area contributed by atoms with E-state index < -0.39 is 16.1 Å². The summed E-state index contributed by atoms with van der Waals surface area (Å²) >= 11 is 0. The molecule has 28 heavy (non-hydrogen) atoms. The van der Waals surface area contributed by atoms with Gasteiger partial charge in [0.2, 0.25) is 15.9 Å².